The van der Waals surface area contributed by atoms with Gasteiger partial charge in [0.15, 0.2) is 0 Å². The van der Waals surface area contributed by atoms with Crippen LogP contribution in [0.15, 0.2) is 16.7 Å². The number of nitrogens with two attached hydrogens (primary N) is 1. The maximum absolute atomic E-state index is 11.7. The van der Waals surface area contributed by atoms with Gasteiger partial charge in [0, 0.05) is 6.04 Å². The van der Waals surface area contributed by atoms with Gasteiger partial charge < -0.3 is 11.1 Å². The summed E-state index contributed by atoms with van der Waals surface area (Å²) < 4.78 is 0.639. The van der Waals surface area contributed by atoms with E-state index in [-0.39, 0.29) is 17.9 Å². The number of aromatic nitrogens is 1. The molecule has 0 spiro atoms. The highest BCUT2D eigenvalue weighted by molar-refractivity contribution is 9.10. The van der Waals surface area contributed by atoms with E-state index in [1.54, 1.807) is 19.9 Å². The number of carbonyl (C=O) groups is 1. The van der Waals surface area contributed by atoms with E-state index < -0.39 is 0 Å². The fraction of sp³-hybridized carbons (Fsp3) is 0.400. The third-order valence-electron chi connectivity index (χ3n) is 2.27. The van der Waals surface area contributed by atoms with Gasteiger partial charge in [0.05, 0.1) is 22.3 Å². The van der Waals surface area contributed by atoms with Crippen LogP contribution in [0.3, 0.4) is 0 Å². The second-order valence-electron chi connectivity index (χ2n) is 3.63. The smallest absolute Gasteiger partial charge is 0.228 e. The van der Waals surface area contributed by atoms with Crippen molar-refractivity contribution >= 4 is 39.1 Å². The van der Waals surface area contributed by atoms with Crippen molar-refractivity contribution < 1.29 is 4.79 Å². The number of nitrogens with one attached hydrogen (secondary N) is 1. The van der Waals surface area contributed by atoms with E-state index in [4.69, 9.17) is 17.3 Å². The first-order valence-corrected chi connectivity index (χ1v) is 5.96. The van der Waals surface area contributed by atoms with Gasteiger partial charge in [0.2, 0.25) is 5.91 Å². The Morgan fingerprint density at radius 2 is 2.25 bits per heavy atom. The standard InChI is InChI=1S/C10H13BrClN3O/c1-5(6(2)13)10(16)15-7-3-8(11)9(12)14-4-7/h3-6H,13H2,1-2H3,(H,15,16). The molecule has 0 saturated carbocycles. The molecule has 1 heterocycles. The number of hydrogen-bond acceptors (Lipinski definition) is 3. The predicted molar refractivity (Wildman–Crippen MR) is 68.4 cm³/mol. The average Bonchev–Trinajstić information content (AvgIpc) is 2.22. The van der Waals surface area contributed by atoms with E-state index in [0.717, 1.165) is 0 Å². The minimum absolute atomic E-state index is 0.133. The van der Waals surface area contributed by atoms with Gasteiger partial charge in [-0.15, -0.1) is 0 Å². The van der Waals surface area contributed by atoms with Gasteiger partial charge >= 0.3 is 0 Å². The lowest BCUT2D eigenvalue weighted by atomic mass is 10.0. The number of pyridine rings is 1. The summed E-state index contributed by atoms with van der Waals surface area (Å²) >= 11 is 8.97. The molecule has 88 valence electrons. The van der Waals surface area contributed by atoms with Crippen LogP contribution in [0.4, 0.5) is 5.69 Å². The van der Waals surface area contributed by atoms with Crippen LogP contribution < -0.4 is 11.1 Å². The van der Waals surface area contributed by atoms with E-state index in [1.807, 2.05) is 0 Å². The molecule has 0 radical (unpaired) electrons. The lowest BCUT2D eigenvalue weighted by molar-refractivity contribution is -0.119. The average molecular weight is 307 g/mol. The Kier molecular flexibility index (Phi) is 4.70. The van der Waals surface area contributed by atoms with Crippen LogP contribution in [-0.2, 0) is 4.79 Å². The second-order valence-corrected chi connectivity index (χ2v) is 4.85. The van der Waals surface area contributed by atoms with Crippen molar-refractivity contribution in [3.05, 3.63) is 21.9 Å². The predicted octanol–water partition coefficient (Wildman–Crippen LogP) is 2.42. The van der Waals surface area contributed by atoms with Crippen LogP contribution in [0.2, 0.25) is 5.15 Å². The number of anilines is 1. The molecule has 1 rings (SSSR count). The van der Waals surface area contributed by atoms with Gasteiger partial charge in [0.25, 0.3) is 0 Å². The van der Waals surface area contributed by atoms with Gasteiger partial charge in [0.1, 0.15) is 5.15 Å². The molecule has 1 amide bonds. The van der Waals surface area contributed by atoms with Crippen molar-refractivity contribution in [2.24, 2.45) is 11.7 Å². The lowest BCUT2D eigenvalue weighted by Crippen LogP contribution is -2.34. The van der Waals surface area contributed by atoms with Crippen molar-refractivity contribution in [1.29, 1.82) is 0 Å². The van der Waals surface area contributed by atoms with Crippen LogP contribution in [0.5, 0.6) is 0 Å². The van der Waals surface area contributed by atoms with Crippen molar-refractivity contribution in [2.45, 2.75) is 19.9 Å². The Morgan fingerprint density at radius 3 is 2.75 bits per heavy atom. The van der Waals surface area contributed by atoms with Crippen molar-refractivity contribution in [3.63, 3.8) is 0 Å². The summed E-state index contributed by atoms with van der Waals surface area (Å²) in [7, 11) is 0. The molecule has 1 aromatic rings. The summed E-state index contributed by atoms with van der Waals surface area (Å²) in [5.41, 5.74) is 6.23. The highest BCUT2D eigenvalue weighted by Gasteiger charge is 2.17. The largest absolute Gasteiger partial charge is 0.327 e. The number of halogens is 2. The molecule has 0 fully saturated rings. The van der Waals surface area contributed by atoms with Gasteiger partial charge in [-0.2, -0.15) is 0 Å². The summed E-state index contributed by atoms with van der Waals surface area (Å²) in [5.74, 6) is -0.388. The maximum atomic E-state index is 11.7. The Bertz CT molecular complexity index is 398. The Hall–Kier alpha value is -0.650. The molecule has 0 saturated heterocycles. The summed E-state index contributed by atoms with van der Waals surface area (Å²) in [6.45, 7) is 3.57. The Balaban J connectivity index is 2.74. The first-order valence-electron chi connectivity index (χ1n) is 4.79. The van der Waals surface area contributed by atoms with Crippen LogP contribution >= 0.6 is 27.5 Å². The Labute approximate surface area is 108 Å². The second kappa shape index (κ2) is 5.61. The molecule has 0 bridgehead atoms. The van der Waals surface area contributed by atoms with Gasteiger partial charge in [-0.3, -0.25) is 4.79 Å². The third-order valence-corrected chi connectivity index (χ3v) is 3.40. The number of nitrogens with zero attached hydrogens (tertiary/aromatic N) is 1. The normalized spacial score (nSPS) is 14.3. The molecular weight excluding hydrogens is 293 g/mol. The molecule has 0 aliphatic heterocycles. The van der Waals surface area contributed by atoms with Crippen molar-refractivity contribution in [1.82, 2.24) is 4.98 Å². The van der Waals surface area contributed by atoms with E-state index in [1.165, 1.54) is 6.20 Å². The zero-order valence-corrected chi connectivity index (χ0v) is 11.3. The fourth-order valence-corrected chi connectivity index (χ4v) is 1.44. The lowest BCUT2D eigenvalue weighted by Gasteiger charge is -2.15. The summed E-state index contributed by atoms with van der Waals surface area (Å²) in [6.07, 6.45) is 1.50. The highest BCUT2D eigenvalue weighted by atomic mass is 79.9. The summed E-state index contributed by atoms with van der Waals surface area (Å²) in [5, 5.41) is 3.08. The molecule has 4 nitrogen and oxygen atoms in total. The van der Waals surface area contributed by atoms with E-state index in [0.29, 0.717) is 15.3 Å². The van der Waals surface area contributed by atoms with E-state index in [2.05, 4.69) is 26.2 Å². The maximum Gasteiger partial charge on any atom is 0.228 e. The van der Waals surface area contributed by atoms with E-state index in [9.17, 15) is 4.79 Å². The fourth-order valence-electron chi connectivity index (χ4n) is 0.984. The highest BCUT2D eigenvalue weighted by Crippen LogP contribution is 2.23. The third kappa shape index (κ3) is 3.43. The first kappa shape index (κ1) is 13.4. The number of amides is 1. The van der Waals surface area contributed by atoms with E-state index >= 15 is 0 Å². The Morgan fingerprint density at radius 1 is 1.62 bits per heavy atom. The number of hydrogen-bond donors (Lipinski definition) is 2. The minimum Gasteiger partial charge on any atom is -0.327 e. The zero-order valence-electron chi connectivity index (χ0n) is 9.00. The quantitative estimate of drug-likeness (QED) is 0.843. The molecule has 0 aliphatic carbocycles. The summed E-state index contributed by atoms with van der Waals surface area (Å²) in [4.78, 5) is 15.6. The van der Waals surface area contributed by atoms with Crippen molar-refractivity contribution in [3.8, 4) is 0 Å². The molecule has 0 aromatic carbocycles. The van der Waals surface area contributed by atoms with Crippen LogP contribution in [0, 0.1) is 5.92 Å². The number of rotatable bonds is 3. The molecular formula is C10H13BrClN3O. The molecule has 1 aromatic heterocycles. The first-order chi connectivity index (χ1) is 7.41. The van der Waals surface area contributed by atoms with Gasteiger partial charge in [-0.1, -0.05) is 18.5 Å². The molecule has 2 unspecified atom stereocenters. The van der Waals surface area contributed by atoms with Gasteiger partial charge in [-0.25, -0.2) is 4.98 Å². The summed E-state index contributed by atoms with van der Waals surface area (Å²) in [6, 6.07) is 1.50. The zero-order chi connectivity index (χ0) is 12.3. The van der Waals surface area contributed by atoms with Crippen LogP contribution in [-0.4, -0.2) is 16.9 Å². The molecule has 6 heteroatoms. The van der Waals surface area contributed by atoms with Crippen LogP contribution in [0.25, 0.3) is 0 Å². The molecule has 2 atom stereocenters. The molecule has 3 N–H and O–H groups in total. The van der Waals surface area contributed by atoms with Gasteiger partial charge in [-0.05, 0) is 28.9 Å². The minimum atomic E-state index is -0.255. The van der Waals surface area contributed by atoms with Crippen molar-refractivity contribution in [2.75, 3.05) is 5.32 Å². The monoisotopic (exact) mass is 305 g/mol. The van der Waals surface area contributed by atoms with Crippen LogP contribution in [0.1, 0.15) is 13.8 Å². The molecule has 16 heavy (non-hydrogen) atoms. The number of carbonyl (C=O) groups excluding carboxylic acids is 1. The SMILES string of the molecule is CC(N)C(C)C(=O)Nc1cnc(Cl)c(Br)c1. The topological polar surface area (TPSA) is 68.0 Å². The molecule has 0 aliphatic rings.